The number of hydrogen-bond acceptors (Lipinski definition) is 3. The Kier molecular flexibility index (Phi) is 5.73. The molecular weight excluding hydrogens is 359 g/mol. The summed E-state index contributed by atoms with van der Waals surface area (Å²) in [4.78, 5) is 12.2. The first-order valence-electron chi connectivity index (χ1n) is 6.53. The number of para-hydroxylation sites is 1. The summed E-state index contributed by atoms with van der Waals surface area (Å²) in [6, 6.07) is 11.6. The van der Waals surface area contributed by atoms with Crippen molar-refractivity contribution in [2.75, 3.05) is 5.32 Å². The summed E-state index contributed by atoms with van der Waals surface area (Å²) in [6.07, 6.45) is -0.850. The Balaban J connectivity index is 2.12. The molecule has 4 nitrogen and oxygen atoms in total. The van der Waals surface area contributed by atoms with E-state index in [2.05, 4.69) is 5.32 Å². The van der Waals surface area contributed by atoms with E-state index in [0.717, 1.165) is 0 Å². The van der Waals surface area contributed by atoms with Gasteiger partial charge in [-0.15, -0.1) is 0 Å². The first-order chi connectivity index (χ1) is 10.9. The second kappa shape index (κ2) is 7.56. The molecule has 2 rings (SSSR count). The molecule has 2 aromatic carbocycles. The second-order valence-corrected chi connectivity index (χ2v) is 5.83. The van der Waals surface area contributed by atoms with E-state index in [1.54, 1.807) is 31.2 Å². The Bertz CT molecular complexity index is 787. The molecule has 0 saturated carbocycles. The summed E-state index contributed by atoms with van der Waals surface area (Å²) in [5.41, 5.74) is 0.774. The van der Waals surface area contributed by atoms with Gasteiger partial charge in [-0.25, -0.2) is 0 Å². The molecule has 1 atom stereocenters. The molecule has 0 saturated heterocycles. The number of rotatable bonds is 4. The summed E-state index contributed by atoms with van der Waals surface area (Å²) in [5.74, 6) is -0.174. The van der Waals surface area contributed by atoms with Crippen molar-refractivity contribution in [1.82, 2.24) is 0 Å². The number of amides is 1. The number of nitriles is 1. The lowest BCUT2D eigenvalue weighted by atomic mass is 10.2. The Morgan fingerprint density at radius 1 is 1.17 bits per heavy atom. The summed E-state index contributed by atoms with van der Waals surface area (Å²) in [6.45, 7) is 1.56. The van der Waals surface area contributed by atoms with Gasteiger partial charge in [-0.1, -0.05) is 46.9 Å². The number of halogens is 3. The highest BCUT2D eigenvalue weighted by Crippen LogP contribution is 2.34. The molecule has 0 aromatic heterocycles. The predicted molar refractivity (Wildman–Crippen MR) is 91.3 cm³/mol. The first kappa shape index (κ1) is 17.4. The van der Waals surface area contributed by atoms with Crippen molar-refractivity contribution >= 4 is 46.4 Å². The van der Waals surface area contributed by atoms with Crippen molar-refractivity contribution < 1.29 is 9.53 Å². The number of anilines is 1. The normalized spacial score (nSPS) is 11.4. The molecule has 0 fully saturated rings. The van der Waals surface area contributed by atoms with Gasteiger partial charge in [-0.2, -0.15) is 5.26 Å². The molecule has 0 bridgehead atoms. The molecule has 0 aliphatic heterocycles. The van der Waals surface area contributed by atoms with Crippen molar-refractivity contribution in [3.8, 4) is 11.8 Å². The van der Waals surface area contributed by atoms with Crippen molar-refractivity contribution in [2.24, 2.45) is 0 Å². The van der Waals surface area contributed by atoms with Crippen LogP contribution in [0.3, 0.4) is 0 Å². The molecule has 0 aliphatic carbocycles. The quantitative estimate of drug-likeness (QED) is 0.778. The summed E-state index contributed by atoms with van der Waals surface area (Å²) < 4.78 is 5.52. The first-order valence-corrected chi connectivity index (χ1v) is 7.67. The summed E-state index contributed by atoms with van der Waals surface area (Å²) >= 11 is 17.8. The van der Waals surface area contributed by atoms with E-state index in [1.807, 2.05) is 6.07 Å². The van der Waals surface area contributed by atoms with Crippen LogP contribution in [-0.2, 0) is 4.79 Å². The van der Waals surface area contributed by atoms with Gasteiger partial charge < -0.3 is 10.1 Å². The highest BCUT2D eigenvalue weighted by molar-refractivity contribution is 6.43. The monoisotopic (exact) mass is 368 g/mol. The fourth-order valence-electron chi connectivity index (χ4n) is 1.76. The van der Waals surface area contributed by atoms with Crippen molar-refractivity contribution in [1.29, 1.82) is 5.26 Å². The maximum absolute atomic E-state index is 12.2. The Morgan fingerprint density at radius 3 is 2.52 bits per heavy atom. The molecular formula is C16H11Cl3N2O2. The van der Waals surface area contributed by atoms with Crippen LogP contribution in [0.15, 0.2) is 36.4 Å². The number of nitrogens with zero attached hydrogens (tertiary/aromatic N) is 1. The lowest BCUT2D eigenvalue weighted by Crippen LogP contribution is -2.30. The van der Waals surface area contributed by atoms with Gasteiger partial charge in [0, 0.05) is 6.07 Å². The van der Waals surface area contributed by atoms with Gasteiger partial charge in [0.2, 0.25) is 0 Å². The van der Waals surface area contributed by atoms with Crippen LogP contribution in [0.25, 0.3) is 0 Å². The van der Waals surface area contributed by atoms with Gasteiger partial charge >= 0.3 is 0 Å². The molecule has 7 heteroatoms. The number of carbonyl (C=O) groups excluding carboxylic acids is 1. The minimum Gasteiger partial charge on any atom is -0.479 e. The zero-order valence-corrected chi connectivity index (χ0v) is 14.2. The van der Waals surface area contributed by atoms with E-state index in [-0.39, 0.29) is 15.8 Å². The van der Waals surface area contributed by atoms with Crippen LogP contribution in [0.5, 0.6) is 5.75 Å². The highest BCUT2D eigenvalue weighted by atomic mass is 35.5. The average molecular weight is 370 g/mol. The van der Waals surface area contributed by atoms with E-state index in [4.69, 9.17) is 44.8 Å². The summed E-state index contributed by atoms with van der Waals surface area (Å²) in [7, 11) is 0. The second-order valence-electron chi connectivity index (χ2n) is 4.60. The maximum atomic E-state index is 12.2. The molecule has 1 amide bonds. The molecule has 23 heavy (non-hydrogen) atoms. The van der Waals surface area contributed by atoms with Gasteiger partial charge in [-0.05, 0) is 25.1 Å². The molecule has 0 heterocycles. The standard InChI is InChI=1S/C16H11Cl3N2O2/c1-9(23-15-7-12(18)11(17)6-13(15)19)16(22)21-14-5-3-2-4-10(14)8-20/h2-7,9H,1H3,(H,21,22)/t9-/m0/s1. The third-order valence-electron chi connectivity index (χ3n) is 2.95. The maximum Gasteiger partial charge on any atom is 0.265 e. The number of ether oxygens (including phenoxy) is 1. The van der Waals surface area contributed by atoms with Crippen LogP contribution in [0.2, 0.25) is 15.1 Å². The van der Waals surface area contributed by atoms with Gasteiger partial charge in [0.25, 0.3) is 5.91 Å². The zero-order valence-electron chi connectivity index (χ0n) is 11.9. The van der Waals surface area contributed by atoms with Crippen molar-refractivity contribution in [3.63, 3.8) is 0 Å². The number of carbonyl (C=O) groups is 1. The zero-order chi connectivity index (χ0) is 17.0. The number of hydrogen-bond donors (Lipinski definition) is 1. The fraction of sp³-hybridized carbons (Fsp3) is 0.125. The third kappa shape index (κ3) is 4.29. The third-order valence-corrected chi connectivity index (χ3v) is 3.97. The Labute approximate surface area is 148 Å². The molecule has 0 aliphatic rings. The molecule has 0 unspecified atom stereocenters. The van der Waals surface area contributed by atoms with Crippen molar-refractivity contribution in [2.45, 2.75) is 13.0 Å². The number of nitrogens with one attached hydrogen (secondary N) is 1. The predicted octanol–water partition coefficient (Wildman–Crippen LogP) is 4.92. The smallest absolute Gasteiger partial charge is 0.265 e. The fourth-order valence-corrected chi connectivity index (χ4v) is 2.34. The van der Waals surface area contributed by atoms with Crippen LogP contribution in [0.4, 0.5) is 5.69 Å². The Morgan fingerprint density at radius 2 is 1.83 bits per heavy atom. The SMILES string of the molecule is C[C@H](Oc1cc(Cl)c(Cl)cc1Cl)C(=O)Nc1ccccc1C#N. The molecule has 118 valence electrons. The number of benzene rings is 2. The Hall–Kier alpha value is -1.93. The minimum atomic E-state index is -0.850. The van der Waals surface area contributed by atoms with Crippen molar-refractivity contribution in [3.05, 3.63) is 57.0 Å². The van der Waals surface area contributed by atoms with Gasteiger partial charge in [0.15, 0.2) is 6.10 Å². The molecule has 2 aromatic rings. The van der Waals surface area contributed by atoms with Gasteiger partial charge in [-0.3, -0.25) is 4.79 Å². The van der Waals surface area contributed by atoms with Gasteiger partial charge in [0.1, 0.15) is 11.8 Å². The lowest BCUT2D eigenvalue weighted by Gasteiger charge is -2.16. The van der Waals surface area contributed by atoms with E-state index in [1.165, 1.54) is 12.1 Å². The van der Waals surface area contributed by atoms with Gasteiger partial charge in [0.05, 0.1) is 26.3 Å². The molecule has 0 radical (unpaired) electrons. The van der Waals surface area contributed by atoms with Crippen LogP contribution in [0.1, 0.15) is 12.5 Å². The highest BCUT2D eigenvalue weighted by Gasteiger charge is 2.18. The molecule has 1 N–H and O–H groups in total. The molecule has 0 spiro atoms. The minimum absolute atomic E-state index is 0.247. The van der Waals surface area contributed by atoms with Crippen LogP contribution in [0, 0.1) is 11.3 Å². The van der Waals surface area contributed by atoms with E-state index in [0.29, 0.717) is 16.3 Å². The topological polar surface area (TPSA) is 62.1 Å². The largest absolute Gasteiger partial charge is 0.479 e. The van der Waals surface area contributed by atoms with Crippen LogP contribution < -0.4 is 10.1 Å². The summed E-state index contributed by atoms with van der Waals surface area (Å²) in [5, 5.41) is 12.5. The van der Waals surface area contributed by atoms with E-state index < -0.39 is 12.0 Å². The van der Waals surface area contributed by atoms with E-state index in [9.17, 15) is 4.79 Å². The average Bonchev–Trinajstić information content (AvgIpc) is 2.53. The van der Waals surface area contributed by atoms with Crippen LogP contribution in [-0.4, -0.2) is 12.0 Å². The van der Waals surface area contributed by atoms with E-state index >= 15 is 0 Å². The van der Waals surface area contributed by atoms with Crippen LogP contribution >= 0.6 is 34.8 Å². The lowest BCUT2D eigenvalue weighted by molar-refractivity contribution is -0.122.